The SMILES string of the molecule is CCN1CCCCC1.CCNC(C)C. The molecule has 1 aliphatic heterocycles. The van der Waals surface area contributed by atoms with Crippen molar-refractivity contribution in [2.45, 2.75) is 53.0 Å². The summed E-state index contributed by atoms with van der Waals surface area (Å²) in [6.07, 6.45) is 4.30. The Morgan fingerprint density at radius 3 is 1.86 bits per heavy atom. The molecule has 0 bridgehead atoms. The van der Waals surface area contributed by atoms with Gasteiger partial charge in [-0.25, -0.2) is 0 Å². The lowest BCUT2D eigenvalue weighted by atomic mass is 10.1. The van der Waals surface area contributed by atoms with Crippen LogP contribution in [0.5, 0.6) is 0 Å². The fourth-order valence-corrected chi connectivity index (χ4v) is 1.68. The van der Waals surface area contributed by atoms with Gasteiger partial charge in [0, 0.05) is 6.04 Å². The zero-order chi connectivity index (χ0) is 10.8. The molecule has 0 amide bonds. The molecule has 0 spiro atoms. The Morgan fingerprint density at radius 2 is 1.64 bits per heavy atom. The van der Waals surface area contributed by atoms with Crippen molar-refractivity contribution >= 4 is 0 Å². The van der Waals surface area contributed by atoms with Crippen LogP contribution in [-0.4, -0.2) is 37.1 Å². The molecule has 0 aromatic rings. The van der Waals surface area contributed by atoms with Crippen LogP contribution in [-0.2, 0) is 0 Å². The highest BCUT2D eigenvalue weighted by atomic mass is 15.1. The number of hydrogen-bond acceptors (Lipinski definition) is 2. The standard InChI is InChI=1S/C7H15N.C5H13N/c1-2-8-6-4-3-5-7-8;1-4-6-5(2)3/h2-7H2,1H3;5-6H,4H2,1-3H3. The Labute approximate surface area is 90.1 Å². The van der Waals surface area contributed by atoms with Gasteiger partial charge in [-0.2, -0.15) is 0 Å². The predicted octanol–water partition coefficient (Wildman–Crippen LogP) is 2.50. The quantitative estimate of drug-likeness (QED) is 0.753. The highest BCUT2D eigenvalue weighted by Gasteiger charge is 2.05. The number of nitrogens with one attached hydrogen (secondary N) is 1. The van der Waals surface area contributed by atoms with E-state index in [1.54, 1.807) is 0 Å². The minimum atomic E-state index is 0.648. The van der Waals surface area contributed by atoms with Gasteiger partial charge in [0.1, 0.15) is 0 Å². The van der Waals surface area contributed by atoms with Crippen LogP contribution in [0.15, 0.2) is 0 Å². The molecule has 2 heteroatoms. The third-order valence-electron chi connectivity index (χ3n) is 2.51. The normalized spacial score (nSPS) is 17.8. The molecule has 1 heterocycles. The van der Waals surface area contributed by atoms with E-state index in [-0.39, 0.29) is 0 Å². The largest absolute Gasteiger partial charge is 0.315 e. The predicted molar refractivity (Wildman–Crippen MR) is 64.8 cm³/mol. The van der Waals surface area contributed by atoms with Crippen LogP contribution in [0.1, 0.15) is 47.0 Å². The second-order valence-corrected chi connectivity index (χ2v) is 4.21. The van der Waals surface area contributed by atoms with E-state index in [4.69, 9.17) is 0 Å². The van der Waals surface area contributed by atoms with Crippen molar-refractivity contribution in [3.05, 3.63) is 0 Å². The molecule has 0 aromatic carbocycles. The number of piperidine rings is 1. The Kier molecular flexibility index (Phi) is 9.42. The van der Waals surface area contributed by atoms with E-state index >= 15 is 0 Å². The third kappa shape index (κ3) is 8.52. The third-order valence-corrected chi connectivity index (χ3v) is 2.51. The summed E-state index contributed by atoms with van der Waals surface area (Å²) in [7, 11) is 0. The molecular formula is C12H28N2. The van der Waals surface area contributed by atoms with E-state index in [0.717, 1.165) is 6.54 Å². The zero-order valence-electron chi connectivity index (χ0n) is 10.5. The highest BCUT2D eigenvalue weighted by Crippen LogP contribution is 2.06. The molecular weight excluding hydrogens is 172 g/mol. The molecule has 0 aliphatic carbocycles. The van der Waals surface area contributed by atoms with Gasteiger partial charge >= 0.3 is 0 Å². The molecule has 0 saturated carbocycles. The summed E-state index contributed by atoms with van der Waals surface area (Å²) in [5.74, 6) is 0. The smallest absolute Gasteiger partial charge is 0.00102 e. The van der Waals surface area contributed by atoms with Crippen LogP contribution < -0.4 is 5.32 Å². The van der Waals surface area contributed by atoms with Crippen LogP contribution in [0.3, 0.4) is 0 Å². The minimum absolute atomic E-state index is 0.648. The summed E-state index contributed by atoms with van der Waals surface area (Å²) in [4.78, 5) is 2.52. The summed E-state index contributed by atoms with van der Waals surface area (Å²) >= 11 is 0. The van der Waals surface area contributed by atoms with E-state index in [9.17, 15) is 0 Å². The van der Waals surface area contributed by atoms with Crippen molar-refractivity contribution in [3.8, 4) is 0 Å². The van der Waals surface area contributed by atoms with E-state index in [1.807, 2.05) is 0 Å². The summed E-state index contributed by atoms with van der Waals surface area (Å²) in [6.45, 7) is 13.7. The van der Waals surface area contributed by atoms with Crippen LogP contribution >= 0.6 is 0 Å². The van der Waals surface area contributed by atoms with Gasteiger partial charge in [-0.3, -0.25) is 0 Å². The lowest BCUT2D eigenvalue weighted by Crippen LogP contribution is -2.29. The van der Waals surface area contributed by atoms with Gasteiger partial charge in [0.15, 0.2) is 0 Å². The first-order chi connectivity index (χ1) is 6.70. The number of nitrogens with zero attached hydrogens (tertiary/aromatic N) is 1. The highest BCUT2D eigenvalue weighted by molar-refractivity contribution is 4.61. The van der Waals surface area contributed by atoms with Gasteiger partial charge in [-0.05, 0) is 39.0 Å². The molecule has 1 aliphatic rings. The number of likely N-dealkylation sites (tertiary alicyclic amines) is 1. The van der Waals surface area contributed by atoms with E-state index in [2.05, 4.69) is 37.9 Å². The fraction of sp³-hybridized carbons (Fsp3) is 1.00. The maximum Gasteiger partial charge on any atom is 0.00102 e. The second-order valence-electron chi connectivity index (χ2n) is 4.21. The molecule has 0 atom stereocenters. The molecule has 1 saturated heterocycles. The molecule has 2 nitrogen and oxygen atoms in total. The maximum absolute atomic E-state index is 3.21. The maximum atomic E-state index is 3.21. The van der Waals surface area contributed by atoms with Gasteiger partial charge in [0.05, 0.1) is 0 Å². The molecule has 1 fully saturated rings. The Balaban J connectivity index is 0.000000255. The van der Waals surface area contributed by atoms with E-state index < -0.39 is 0 Å². The van der Waals surface area contributed by atoms with Gasteiger partial charge in [0.25, 0.3) is 0 Å². The van der Waals surface area contributed by atoms with Crippen molar-refractivity contribution in [1.82, 2.24) is 10.2 Å². The van der Waals surface area contributed by atoms with Crippen molar-refractivity contribution < 1.29 is 0 Å². The Morgan fingerprint density at radius 1 is 1.07 bits per heavy atom. The van der Waals surface area contributed by atoms with Gasteiger partial charge < -0.3 is 10.2 Å². The van der Waals surface area contributed by atoms with Gasteiger partial charge in [-0.15, -0.1) is 0 Å². The second kappa shape index (κ2) is 9.47. The molecule has 0 unspecified atom stereocenters. The van der Waals surface area contributed by atoms with Crippen LogP contribution in [0.2, 0.25) is 0 Å². The van der Waals surface area contributed by atoms with Gasteiger partial charge in [-0.1, -0.05) is 34.1 Å². The van der Waals surface area contributed by atoms with E-state index in [1.165, 1.54) is 38.9 Å². The van der Waals surface area contributed by atoms with Crippen LogP contribution in [0, 0.1) is 0 Å². The molecule has 1 rings (SSSR count). The first kappa shape index (κ1) is 13.9. The molecule has 14 heavy (non-hydrogen) atoms. The number of hydrogen-bond donors (Lipinski definition) is 1. The minimum Gasteiger partial charge on any atom is -0.315 e. The lowest BCUT2D eigenvalue weighted by Gasteiger charge is -2.24. The van der Waals surface area contributed by atoms with Crippen LogP contribution in [0.25, 0.3) is 0 Å². The van der Waals surface area contributed by atoms with Gasteiger partial charge in [0.2, 0.25) is 0 Å². The lowest BCUT2D eigenvalue weighted by molar-refractivity contribution is 0.240. The average Bonchev–Trinajstić information content (AvgIpc) is 2.20. The Hall–Kier alpha value is -0.0800. The first-order valence-corrected chi connectivity index (χ1v) is 6.16. The summed E-state index contributed by atoms with van der Waals surface area (Å²) in [6, 6.07) is 0.648. The molecule has 1 N–H and O–H groups in total. The Bertz CT molecular complexity index is 107. The van der Waals surface area contributed by atoms with Crippen LogP contribution in [0.4, 0.5) is 0 Å². The van der Waals surface area contributed by atoms with Crippen molar-refractivity contribution in [2.75, 3.05) is 26.2 Å². The topological polar surface area (TPSA) is 15.3 Å². The summed E-state index contributed by atoms with van der Waals surface area (Å²) < 4.78 is 0. The molecule has 86 valence electrons. The number of rotatable bonds is 3. The van der Waals surface area contributed by atoms with E-state index in [0.29, 0.717) is 6.04 Å². The fourth-order valence-electron chi connectivity index (χ4n) is 1.68. The average molecular weight is 200 g/mol. The molecule has 0 radical (unpaired) electrons. The van der Waals surface area contributed by atoms with Crippen molar-refractivity contribution in [1.29, 1.82) is 0 Å². The van der Waals surface area contributed by atoms with Crippen molar-refractivity contribution in [3.63, 3.8) is 0 Å². The summed E-state index contributed by atoms with van der Waals surface area (Å²) in [5, 5.41) is 3.21. The zero-order valence-corrected chi connectivity index (χ0v) is 10.5. The molecule has 0 aromatic heterocycles. The summed E-state index contributed by atoms with van der Waals surface area (Å²) in [5.41, 5.74) is 0. The van der Waals surface area contributed by atoms with Crippen molar-refractivity contribution in [2.24, 2.45) is 0 Å². The monoisotopic (exact) mass is 200 g/mol. The first-order valence-electron chi connectivity index (χ1n) is 6.16.